The van der Waals surface area contributed by atoms with E-state index in [0.717, 1.165) is 22.3 Å². The predicted molar refractivity (Wildman–Crippen MR) is 109 cm³/mol. The van der Waals surface area contributed by atoms with E-state index in [1.165, 1.54) is 11.1 Å². The van der Waals surface area contributed by atoms with E-state index in [0.29, 0.717) is 6.42 Å². The van der Waals surface area contributed by atoms with Crippen LogP contribution in [0.3, 0.4) is 0 Å². The first kappa shape index (κ1) is 19.2. The van der Waals surface area contributed by atoms with Gasteiger partial charge < -0.3 is 10.2 Å². The van der Waals surface area contributed by atoms with Crippen LogP contribution in [0.15, 0.2) is 42.5 Å². The number of rotatable bonds is 4. The number of aromatic hydroxyl groups is 1. The van der Waals surface area contributed by atoms with E-state index in [2.05, 4.69) is 58.9 Å². The minimum atomic E-state index is -0.814. The van der Waals surface area contributed by atoms with Gasteiger partial charge in [-0.3, -0.25) is 4.79 Å². The monoisotopic (exact) mass is 364 g/mol. The summed E-state index contributed by atoms with van der Waals surface area (Å²) in [6, 6.07) is 9.82. The Morgan fingerprint density at radius 2 is 1.52 bits per heavy atom. The second kappa shape index (κ2) is 6.56. The smallest absolute Gasteiger partial charge is 0.303 e. The van der Waals surface area contributed by atoms with Crippen LogP contribution in [-0.2, 0) is 22.0 Å². The molecule has 2 aromatic rings. The van der Waals surface area contributed by atoms with E-state index < -0.39 is 5.97 Å². The Hall–Kier alpha value is -2.55. The predicted octanol–water partition coefficient (Wildman–Crippen LogP) is 5.51. The molecule has 0 saturated carbocycles. The van der Waals surface area contributed by atoms with Crippen molar-refractivity contribution in [2.45, 2.75) is 58.3 Å². The maximum Gasteiger partial charge on any atom is 0.303 e. The molecule has 3 heteroatoms. The zero-order chi connectivity index (χ0) is 20.0. The minimum absolute atomic E-state index is 0.0283. The van der Waals surface area contributed by atoms with Crippen molar-refractivity contribution >= 4 is 5.97 Å². The molecule has 2 N–H and O–H groups in total. The second-order valence-corrected chi connectivity index (χ2v) is 8.73. The van der Waals surface area contributed by atoms with Gasteiger partial charge in [-0.1, -0.05) is 52.0 Å². The molecule has 1 aliphatic carbocycles. The average molecular weight is 364 g/mol. The Balaban J connectivity index is 2.14. The number of aryl methyl sites for hydroxylation is 2. The SMILES string of the molecule is Cc1cc2c(cc1-c1cc(CCC(=O)O)ccc1O)C(C)(C)C=CC2(C)C. The van der Waals surface area contributed by atoms with Crippen molar-refractivity contribution in [2.75, 3.05) is 0 Å². The molecule has 0 atom stereocenters. The summed E-state index contributed by atoms with van der Waals surface area (Å²) in [6.07, 6.45) is 5.07. The second-order valence-electron chi connectivity index (χ2n) is 8.73. The Morgan fingerprint density at radius 1 is 0.926 bits per heavy atom. The highest BCUT2D eigenvalue weighted by molar-refractivity contribution is 5.76. The summed E-state index contributed by atoms with van der Waals surface area (Å²) in [5.74, 6) is -0.592. The lowest BCUT2D eigenvalue weighted by atomic mass is 9.67. The number of benzene rings is 2. The number of carboxylic acid groups (broad SMARTS) is 1. The van der Waals surface area contributed by atoms with Gasteiger partial charge in [0.1, 0.15) is 5.75 Å². The number of hydrogen-bond acceptors (Lipinski definition) is 2. The van der Waals surface area contributed by atoms with E-state index in [4.69, 9.17) is 5.11 Å². The molecule has 2 aromatic carbocycles. The first-order valence-electron chi connectivity index (χ1n) is 9.41. The highest BCUT2D eigenvalue weighted by atomic mass is 16.4. The number of fused-ring (bicyclic) bond motifs is 1. The van der Waals surface area contributed by atoms with Crippen molar-refractivity contribution in [3.63, 3.8) is 0 Å². The molecule has 0 fully saturated rings. The summed E-state index contributed by atoms with van der Waals surface area (Å²) in [4.78, 5) is 10.9. The molecule has 27 heavy (non-hydrogen) atoms. The molecule has 0 aliphatic heterocycles. The number of allylic oxidation sites excluding steroid dienone is 2. The van der Waals surface area contributed by atoms with Crippen LogP contribution in [0.4, 0.5) is 0 Å². The lowest BCUT2D eigenvalue weighted by molar-refractivity contribution is -0.136. The Morgan fingerprint density at radius 3 is 2.11 bits per heavy atom. The summed E-state index contributed by atoms with van der Waals surface area (Å²) in [6.45, 7) is 10.9. The van der Waals surface area contributed by atoms with E-state index >= 15 is 0 Å². The third-order valence-electron chi connectivity index (χ3n) is 5.65. The molecular formula is C24H28O3. The zero-order valence-corrected chi connectivity index (χ0v) is 16.8. The lowest BCUT2D eigenvalue weighted by Gasteiger charge is -2.37. The van der Waals surface area contributed by atoms with Crippen LogP contribution < -0.4 is 0 Å². The number of phenolic OH excluding ortho intramolecular Hbond substituents is 1. The first-order valence-corrected chi connectivity index (χ1v) is 9.41. The molecule has 0 aromatic heterocycles. The fraction of sp³-hybridized carbons (Fsp3) is 0.375. The zero-order valence-electron chi connectivity index (χ0n) is 16.8. The molecule has 0 amide bonds. The van der Waals surface area contributed by atoms with E-state index in [-0.39, 0.29) is 23.0 Å². The Bertz CT molecular complexity index is 933. The Kier molecular flexibility index (Phi) is 4.67. The highest BCUT2D eigenvalue weighted by Gasteiger charge is 2.33. The molecule has 142 valence electrons. The molecule has 0 spiro atoms. The molecule has 0 radical (unpaired) electrons. The summed E-state index contributed by atoms with van der Waals surface area (Å²) in [5, 5.41) is 19.4. The van der Waals surface area contributed by atoms with Gasteiger partial charge in [0.25, 0.3) is 0 Å². The number of carbonyl (C=O) groups is 1. The standard InChI is InChI=1S/C24H28O3/c1-15-12-19-20(24(4,5)11-10-23(19,2)3)14-17(15)18-13-16(6-8-21(18)25)7-9-22(26)27/h6,8,10-14,25H,7,9H2,1-5H3,(H,26,27). The number of carboxylic acids is 1. The number of hydrogen-bond donors (Lipinski definition) is 2. The van der Waals surface area contributed by atoms with Crippen molar-refractivity contribution in [3.8, 4) is 16.9 Å². The van der Waals surface area contributed by atoms with Crippen LogP contribution in [-0.4, -0.2) is 16.2 Å². The van der Waals surface area contributed by atoms with Crippen LogP contribution in [0.1, 0.15) is 56.4 Å². The van der Waals surface area contributed by atoms with Gasteiger partial charge in [-0.2, -0.15) is 0 Å². The van der Waals surface area contributed by atoms with E-state index in [9.17, 15) is 9.90 Å². The average Bonchev–Trinajstić information content (AvgIpc) is 2.58. The van der Waals surface area contributed by atoms with Gasteiger partial charge in [0.05, 0.1) is 0 Å². The van der Waals surface area contributed by atoms with Crippen LogP contribution >= 0.6 is 0 Å². The van der Waals surface area contributed by atoms with Crippen molar-refractivity contribution in [3.05, 3.63) is 64.7 Å². The maximum absolute atomic E-state index is 10.9. The summed E-state index contributed by atoms with van der Waals surface area (Å²) >= 11 is 0. The molecule has 0 unspecified atom stereocenters. The molecule has 0 heterocycles. The molecule has 0 bridgehead atoms. The Labute approximate surface area is 161 Å². The summed E-state index contributed by atoms with van der Waals surface area (Å²) in [5.41, 5.74) is 6.27. The molecule has 3 nitrogen and oxygen atoms in total. The van der Waals surface area contributed by atoms with Crippen molar-refractivity contribution in [1.82, 2.24) is 0 Å². The topological polar surface area (TPSA) is 57.5 Å². The molecule has 1 aliphatic rings. The van der Waals surface area contributed by atoms with Gasteiger partial charge in [0.15, 0.2) is 0 Å². The summed E-state index contributed by atoms with van der Waals surface area (Å²) < 4.78 is 0. The van der Waals surface area contributed by atoms with Crippen LogP contribution in [0.5, 0.6) is 5.75 Å². The van der Waals surface area contributed by atoms with Crippen LogP contribution in [0.25, 0.3) is 11.1 Å². The molecular weight excluding hydrogens is 336 g/mol. The lowest BCUT2D eigenvalue weighted by Crippen LogP contribution is -2.29. The van der Waals surface area contributed by atoms with Crippen molar-refractivity contribution < 1.29 is 15.0 Å². The van der Waals surface area contributed by atoms with Gasteiger partial charge in [0.2, 0.25) is 0 Å². The van der Waals surface area contributed by atoms with Crippen LogP contribution in [0, 0.1) is 6.92 Å². The van der Waals surface area contributed by atoms with Crippen molar-refractivity contribution in [1.29, 1.82) is 0 Å². The van der Waals surface area contributed by atoms with Gasteiger partial charge in [-0.05, 0) is 59.4 Å². The van der Waals surface area contributed by atoms with Gasteiger partial charge in [0, 0.05) is 22.8 Å². The third-order valence-corrected chi connectivity index (χ3v) is 5.65. The van der Waals surface area contributed by atoms with Crippen molar-refractivity contribution in [2.24, 2.45) is 0 Å². The largest absolute Gasteiger partial charge is 0.507 e. The third kappa shape index (κ3) is 3.64. The van der Waals surface area contributed by atoms with Gasteiger partial charge in [-0.15, -0.1) is 0 Å². The normalized spacial score (nSPS) is 16.8. The maximum atomic E-state index is 10.9. The highest BCUT2D eigenvalue weighted by Crippen LogP contribution is 2.44. The van der Waals surface area contributed by atoms with Gasteiger partial charge in [-0.25, -0.2) is 0 Å². The van der Waals surface area contributed by atoms with Gasteiger partial charge >= 0.3 is 5.97 Å². The quantitative estimate of drug-likeness (QED) is 0.703. The molecule has 0 saturated heterocycles. The minimum Gasteiger partial charge on any atom is -0.507 e. The number of aliphatic carboxylic acids is 1. The molecule has 3 rings (SSSR count). The van der Waals surface area contributed by atoms with E-state index in [1.54, 1.807) is 12.1 Å². The first-order chi connectivity index (χ1) is 12.5. The van der Waals surface area contributed by atoms with Crippen LogP contribution in [0.2, 0.25) is 0 Å². The van der Waals surface area contributed by atoms with E-state index in [1.807, 2.05) is 6.07 Å². The fourth-order valence-corrected chi connectivity index (χ4v) is 3.87. The fourth-order valence-electron chi connectivity index (χ4n) is 3.87. The summed E-state index contributed by atoms with van der Waals surface area (Å²) in [7, 11) is 0. The number of phenols is 1.